The van der Waals surface area contributed by atoms with E-state index in [0.29, 0.717) is 12.1 Å². The number of rotatable bonds is 5. The van der Waals surface area contributed by atoms with Gasteiger partial charge in [-0.25, -0.2) is 0 Å². The highest BCUT2D eigenvalue weighted by Gasteiger charge is 2.26. The second-order valence-corrected chi connectivity index (χ2v) is 6.76. The molecule has 2 heteroatoms. The fraction of sp³-hybridized carbons (Fsp3) is 1.00. The molecule has 17 heavy (non-hydrogen) atoms. The van der Waals surface area contributed by atoms with Crippen molar-refractivity contribution in [2.45, 2.75) is 60.0 Å². The van der Waals surface area contributed by atoms with Crippen molar-refractivity contribution >= 4 is 0 Å². The molecule has 0 amide bonds. The van der Waals surface area contributed by atoms with Gasteiger partial charge in [-0.05, 0) is 31.1 Å². The van der Waals surface area contributed by atoms with Gasteiger partial charge in [-0.1, -0.05) is 34.6 Å². The zero-order valence-electron chi connectivity index (χ0n) is 12.7. The van der Waals surface area contributed by atoms with Gasteiger partial charge in [0.2, 0.25) is 0 Å². The summed E-state index contributed by atoms with van der Waals surface area (Å²) in [6.07, 6.45) is 1.30. The van der Waals surface area contributed by atoms with Gasteiger partial charge in [0.1, 0.15) is 0 Å². The average molecular weight is 240 g/mol. The summed E-state index contributed by atoms with van der Waals surface area (Å²) in [7, 11) is 0. The standard InChI is InChI=1S/C15H32N2/c1-11(2)7-15-10-17(14(6)8-16-15)9-13(5)12(3)4/h11-16H,7-10H2,1-6H3. The van der Waals surface area contributed by atoms with E-state index >= 15 is 0 Å². The molecule has 0 aromatic carbocycles. The smallest absolute Gasteiger partial charge is 0.0198 e. The molecule has 102 valence electrons. The van der Waals surface area contributed by atoms with Crippen LogP contribution < -0.4 is 5.32 Å². The van der Waals surface area contributed by atoms with Crippen LogP contribution in [0, 0.1) is 17.8 Å². The van der Waals surface area contributed by atoms with E-state index in [1.165, 1.54) is 19.5 Å². The summed E-state index contributed by atoms with van der Waals surface area (Å²) in [6, 6.07) is 1.39. The van der Waals surface area contributed by atoms with Crippen molar-refractivity contribution in [1.82, 2.24) is 10.2 Å². The van der Waals surface area contributed by atoms with Crippen molar-refractivity contribution in [3.63, 3.8) is 0 Å². The third-order valence-electron chi connectivity index (χ3n) is 4.20. The van der Waals surface area contributed by atoms with E-state index in [-0.39, 0.29) is 0 Å². The third-order valence-corrected chi connectivity index (χ3v) is 4.20. The molecule has 1 fully saturated rings. The number of piperazine rings is 1. The highest BCUT2D eigenvalue weighted by Crippen LogP contribution is 2.17. The van der Waals surface area contributed by atoms with Crippen LogP contribution in [0.3, 0.4) is 0 Å². The number of nitrogens with zero attached hydrogens (tertiary/aromatic N) is 1. The molecule has 1 saturated heterocycles. The first-order chi connectivity index (χ1) is 7.90. The van der Waals surface area contributed by atoms with E-state index in [1.807, 2.05) is 0 Å². The molecule has 1 heterocycles. The predicted molar refractivity (Wildman–Crippen MR) is 76.3 cm³/mol. The van der Waals surface area contributed by atoms with Gasteiger partial charge in [0.05, 0.1) is 0 Å². The van der Waals surface area contributed by atoms with Crippen molar-refractivity contribution in [2.75, 3.05) is 19.6 Å². The molecule has 1 aliphatic heterocycles. The summed E-state index contributed by atoms with van der Waals surface area (Å²) < 4.78 is 0. The molecule has 2 nitrogen and oxygen atoms in total. The van der Waals surface area contributed by atoms with Crippen LogP contribution in [0.2, 0.25) is 0 Å². The molecule has 0 spiro atoms. The second kappa shape index (κ2) is 6.75. The monoisotopic (exact) mass is 240 g/mol. The lowest BCUT2D eigenvalue weighted by molar-refractivity contribution is 0.106. The number of hydrogen-bond acceptors (Lipinski definition) is 2. The minimum Gasteiger partial charge on any atom is -0.311 e. The Kier molecular flexibility index (Phi) is 5.94. The largest absolute Gasteiger partial charge is 0.311 e. The Morgan fingerprint density at radius 1 is 1.18 bits per heavy atom. The van der Waals surface area contributed by atoms with Crippen molar-refractivity contribution in [1.29, 1.82) is 0 Å². The Morgan fingerprint density at radius 2 is 1.82 bits per heavy atom. The van der Waals surface area contributed by atoms with E-state index < -0.39 is 0 Å². The molecule has 0 aromatic heterocycles. The minimum absolute atomic E-state index is 0.694. The van der Waals surface area contributed by atoms with Crippen LogP contribution in [0.1, 0.15) is 48.0 Å². The van der Waals surface area contributed by atoms with Gasteiger partial charge in [-0.15, -0.1) is 0 Å². The van der Waals surface area contributed by atoms with E-state index in [2.05, 4.69) is 51.8 Å². The molecule has 3 atom stereocenters. The maximum absolute atomic E-state index is 3.69. The topological polar surface area (TPSA) is 15.3 Å². The Labute approximate surface area is 108 Å². The quantitative estimate of drug-likeness (QED) is 0.795. The fourth-order valence-corrected chi connectivity index (χ4v) is 2.56. The molecule has 0 bridgehead atoms. The SMILES string of the molecule is CC(C)CC1CN(CC(C)C(C)C)C(C)CN1. The minimum atomic E-state index is 0.694. The van der Waals surface area contributed by atoms with Crippen molar-refractivity contribution < 1.29 is 0 Å². The zero-order valence-corrected chi connectivity index (χ0v) is 12.7. The normalized spacial score (nSPS) is 28.9. The molecule has 0 radical (unpaired) electrons. The van der Waals surface area contributed by atoms with Gasteiger partial charge < -0.3 is 5.32 Å². The Hall–Kier alpha value is -0.0800. The summed E-state index contributed by atoms with van der Waals surface area (Å²) in [5, 5.41) is 3.69. The molecule has 1 aliphatic rings. The van der Waals surface area contributed by atoms with E-state index in [9.17, 15) is 0 Å². The molecular weight excluding hydrogens is 208 g/mol. The summed E-state index contributed by atoms with van der Waals surface area (Å²) in [4.78, 5) is 2.69. The summed E-state index contributed by atoms with van der Waals surface area (Å²) in [5.74, 6) is 2.39. The summed E-state index contributed by atoms with van der Waals surface area (Å²) in [6.45, 7) is 17.7. The lowest BCUT2D eigenvalue weighted by Gasteiger charge is -2.41. The Balaban J connectivity index is 2.45. The van der Waals surface area contributed by atoms with Crippen molar-refractivity contribution in [3.8, 4) is 0 Å². The maximum atomic E-state index is 3.69. The van der Waals surface area contributed by atoms with Crippen LogP contribution in [0.15, 0.2) is 0 Å². The zero-order chi connectivity index (χ0) is 13.0. The molecule has 3 unspecified atom stereocenters. The average Bonchev–Trinajstić information content (AvgIpc) is 2.22. The maximum Gasteiger partial charge on any atom is 0.0198 e. The summed E-state index contributed by atoms with van der Waals surface area (Å²) in [5.41, 5.74) is 0. The van der Waals surface area contributed by atoms with Gasteiger partial charge in [-0.2, -0.15) is 0 Å². The van der Waals surface area contributed by atoms with Gasteiger partial charge in [0.15, 0.2) is 0 Å². The molecular formula is C15H32N2. The lowest BCUT2D eigenvalue weighted by atomic mass is 9.95. The molecule has 0 saturated carbocycles. The van der Waals surface area contributed by atoms with Crippen LogP contribution in [0.4, 0.5) is 0 Å². The second-order valence-electron chi connectivity index (χ2n) is 6.76. The van der Waals surface area contributed by atoms with E-state index in [0.717, 1.165) is 24.3 Å². The third kappa shape index (κ3) is 4.97. The molecule has 1 rings (SSSR count). The molecule has 0 aromatic rings. The fourth-order valence-electron chi connectivity index (χ4n) is 2.56. The van der Waals surface area contributed by atoms with Crippen LogP contribution in [0.5, 0.6) is 0 Å². The highest BCUT2D eigenvalue weighted by atomic mass is 15.2. The first kappa shape index (κ1) is 15.0. The first-order valence-electron chi connectivity index (χ1n) is 7.37. The van der Waals surface area contributed by atoms with Gasteiger partial charge in [0, 0.05) is 31.7 Å². The van der Waals surface area contributed by atoms with E-state index in [1.54, 1.807) is 0 Å². The predicted octanol–water partition coefficient (Wildman–Crippen LogP) is 2.99. The Bertz CT molecular complexity index is 213. The van der Waals surface area contributed by atoms with E-state index in [4.69, 9.17) is 0 Å². The number of nitrogens with one attached hydrogen (secondary N) is 1. The lowest BCUT2D eigenvalue weighted by Crippen LogP contribution is -2.56. The van der Waals surface area contributed by atoms with Crippen LogP contribution in [-0.2, 0) is 0 Å². The van der Waals surface area contributed by atoms with Gasteiger partial charge in [-0.3, -0.25) is 4.90 Å². The van der Waals surface area contributed by atoms with Gasteiger partial charge >= 0.3 is 0 Å². The molecule has 0 aliphatic carbocycles. The molecule has 1 N–H and O–H groups in total. The van der Waals surface area contributed by atoms with Crippen LogP contribution >= 0.6 is 0 Å². The first-order valence-corrected chi connectivity index (χ1v) is 7.37. The highest BCUT2D eigenvalue weighted by molar-refractivity contribution is 4.85. The Morgan fingerprint density at radius 3 is 2.35 bits per heavy atom. The number of hydrogen-bond donors (Lipinski definition) is 1. The van der Waals surface area contributed by atoms with Crippen LogP contribution in [-0.4, -0.2) is 36.6 Å². The van der Waals surface area contributed by atoms with Crippen LogP contribution in [0.25, 0.3) is 0 Å². The van der Waals surface area contributed by atoms with Crippen molar-refractivity contribution in [3.05, 3.63) is 0 Å². The summed E-state index contributed by atoms with van der Waals surface area (Å²) >= 11 is 0. The van der Waals surface area contributed by atoms with Gasteiger partial charge in [0.25, 0.3) is 0 Å². The van der Waals surface area contributed by atoms with Crippen molar-refractivity contribution in [2.24, 2.45) is 17.8 Å².